The van der Waals surface area contributed by atoms with Gasteiger partial charge < -0.3 is 0 Å². The van der Waals surface area contributed by atoms with E-state index in [0.717, 1.165) is 37.5 Å². The lowest BCUT2D eigenvalue weighted by Crippen LogP contribution is -2.13. The zero-order chi connectivity index (χ0) is 24.8. The Balaban J connectivity index is 1.47. The van der Waals surface area contributed by atoms with Gasteiger partial charge in [0.2, 0.25) is 0 Å². The van der Waals surface area contributed by atoms with Crippen molar-refractivity contribution in [3.63, 3.8) is 0 Å². The van der Waals surface area contributed by atoms with Gasteiger partial charge in [-0.25, -0.2) is 13.2 Å². The van der Waals surface area contributed by atoms with Gasteiger partial charge in [0.05, 0.1) is 5.39 Å². The number of halogens is 3. The van der Waals surface area contributed by atoms with Crippen LogP contribution in [-0.2, 0) is 12.8 Å². The summed E-state index contributed by atoms with van der Waals surface area (Å²) in [5, 5.41) is 0.161. The molecule has 1 aliphatic carbocycles. The normalized spacial score (nSPS) is 18.5. The Morgan fingerprint density at radius 2 is 1.57 bits per heavy atom. The lowest BCUT2D eigenvalue weighted by molar-refractivity contribution is 0.296. The fraction of sp³-hybridized carbons (Fsp3) is 0.438. The van der Waals surface area contributed by atoms with Crippen LogP contribution in [0, 0.1) is 29.3 Å². The van der Waals surface area contributed by atoms with Crippen LogP contribution in [0.3, 0.4) is 0 Å². The highest BCUT2D eigenvalue weighted by atomic mass is 19.2. The summed E-state index contributed by atoms with van der Waals surface area (Å²) in [6, 6.07) is 12.9. The number of unbranched alkanes of at least 4 members (excludes halogenated alkanes) is 2. The molecule has 0 bridgehead atoms. The van der Waals surface area contributed by atoms with Crippen molar-refractivity contribution in [1.29, 1.82) is 0 Å². The molecule has 3 heteroatoms. The van der Waals surface area contributed by atoms with E-state index in [1.807, 2.05) is 24.3 Å². The highest BCUT2D eigenvalue weighted by molar-refractivity contribution is 5.89. The Morgan fingerprint density at radius 3 is 2.26 bits per heavy atom. The van der Waals surface area contributed by atoms with E-state index >= 15 is 4.39 Å². The number of allylic oxidation sites excluding steroid dienone is 2. The van der Waals surface area contributed by atoms with Gasteiger partial charge in [0.1, 0.15) is 5.82 Å². The van der Waals surface area contributed by atoms with Gasteiger partial charge in [-0.05, 0) is 98.3 Å². The highest BCUT2D eigenvalue weighted by Crippen LogP contribution is 2.35. The molecule has 0 aromatic heterocycles. The molecule has 0 N–H and O–H groups in total. The first kappa shape index (κ1) is 25.5. The maximum absolute atomic E-state index is 15.4. The molecule has 0 spiro atoms. The quantitative estimate of drug-likeness (QED) is 0.212. The number of rotatable bonds is 9. The van der Waals surface area contributed by atoms with Crippen LogP contribution >= 0.6 is 0 Å². The first-order chi connectivity index (χ1) is 17.0. The molecule has 4 rings (SSSR count). The molecule has 1 fully saturated rings. The maximum atomic E-state index is 15.4. The Labute approximate surface area is 208 Å². The number of benzene rings is 3. The van der Waals surface area contributed by atoms with Crippen LogP contribution in [0.1, 0.15) is 76.3 Å². The van der Waals surface area contributed by atoms with Gasteiger partial charge >= 0.3 is 0 Å². The Morgan fingerprint density at radius 1 is 0.829 bits per heavy atom. The minimum absolute atomic E-state index is 0.253. The SMILES string of the molecule is C/C=C/C1CCC(CCc2ccc(-c3ccc4cc(CCCCC)c(F)c(F)c4c3F)cc2)CC1. The maximum Gasteiger partial charge on any atom is 0.169 e. The zero-order valence-electron chi connectivity index (χ0n) is 21.1. The molecule has 0 radical (unpaired) electrons. The molecule has 0 atom stereocenters. The van der Waals surface area contributed by atoms with Crippen LogP contribution in [0.4, 0.5) is 13.2 Å². The molecule has 0 heterocycles. The molecule has 3 aromatic rings. The third kappa shape index (κ3) is 6.00. The number of fused-ring (bicyclic) bond motifs is 1. The minimum atomic E-state index is -1.07. The van der Waals surface area contributed by atoms with Crippen molar-refractivity contribution in [1.82, 2.24) is 0 Å². The molecule has 1 saturated carbocycles. The zero-order valence-corrected chi connectivity index (χ0v) is 21.1. The highest BCUT2D eigenvalue weighted by Gasteiger charge is 2.20. The Kier molecular flexibility index (Phi) is 8.70. The summed E-state index contributed by atoms with van der Waals surface area (Å²) in [7, 11) is 0. The molecule has 0 nitrogen and oxygen atoms in total. The van der Waals surface area contributed by atoms with E-state index in [9.17, 15) is 8.78 Å². The lowest BCUT2D eigenvalue weighted by Gasteiger charge is -2.26. The molecule has 35 heavy (non-hydrogen) atoms. The number of hydrogen-bond donors (Lipinski definition) is 0. The Hall–Kier alpha value is -2.55. The van der Waals surface area contributed by atoms with E-state index < -0.39 is 17.5 Å². The molecule has 0 amide bonds. The van der Waals surface area contributed by atoms with Gasteiger partial charge in [0.15, 0.2) is 11.6 Å². The average molecular weight is 479 g/mol. The molecule has 0 aliphatic heterocycles. The van der Waals surface area contributed by atoms with E-state index in [1.54, 1.807) is 18.2 Å². The summed E-state index contributed by atoms with van der Waals surface area (Å²) in [4.78, 5) is 0. The second-order valence-corrected chi connectivity index (χ2v) is 10.2. The third-order valence-electron chi connectivity index (χ3n) is 7.71. The fourth-order valence-corrected chi connectivity index (χ4v) is 5.57. The lowest BCUT2D eigenvalue weighted by atomic mass is 9.79. The average Bonchev–Trinajstić information content (AvgIpc) is 2.87. The fourth-order valence-electron chi connectivity index (χ4n) is 5.57. The molecular formula is C32H37F3. The second-order valence-electron chi connectivity index (χ2n) is 10.2. The summed E-state index contributed by atoms with van der Waals surface area (Å²) >= 11 is 0. The largest absolute Gasteiger partial charge is 0.206 e. The predicted octanol–water partition coefficient (Wildman–Crippen LogP) is 9.97. The summed E-state index contributed by atoms with van der Waals surface area (Å²) in [6.07, 6.45) is 15.1. The minimum Gasteiger partial charge on any atom is -0.206 e. The van der Waals surface area contributed by atoms with Crippen molar-refractivity contribution < 1.29 is 13.2 Å². The van der Waals surface area contributed by atoms with Crippen LogP contribution in [-0.4, -0.2) is 0 Å². The molecule has 0 unspecified atom stereocenters. The topological polar surface area (TPSA) is 0 Å². The van der Waals surface area contributed by atoms with Gasteiger partial charge in [-0.2, -0.15) is 0 Å². The van der Waals surface area contributed by atoms with E-state index in [-0.39, 0.29) is 5.39 Å². The van der Waals surface area contributed by atoms with Crippen molar-refractivity contribution in [3.05, 3.63) is 83.2 Å². The standard InChI is InChI=1S/C32H37F3/c1-3-5-6-8-27-21-26-19-20-28(31(34)29(26)32(35)30(27)33)25-17-15-24(16-18-25)14-13-23-11-9-22(7-4-2)10-12-23/h4,7,15-23H,3,5-6,8-14H2,1-2H3/b7-4+. The van der Waals surface area contributed by atoms with Crippen LogP contribution < -0.4 is 0 Å². The molecule has 186 valence electrons. The Bertz CT molecular complexity index is 1150. The van der Waals surface area contributed by atoms with Gasteiger partial charge in [0, 0.05) is 5.56 Å². The third-order valence-corrected chi connectivity index (χ3v) is 7.71. The van der Waals surface area contributed by atoms with Crippen molar-refractivity contribution in [2.75, 3.05) is 0 Å². The monoisotopic (exact) mass is 478 g/mol. The van der Waals surface area contributed by atoms with Crippen molar-refractivity contribution >= 4 is 10.8 Å². The van der Waals surface area contributed by atoms with Crippen LogP contribution in [0.25, 0.3) is 21.9 Å². The summed E-state index contributed by atoms with van der Waals surface area (Å²) in [6.45, 7) is 4.16. The van der Waals surface area contributed by atoms with Gasteiger partial charge in [-0.3, -0.25) is 0 Å². The number of hydrogen-bond acceptors (Lipinski definition) is 0. The van der Waals surface area contributed by atoms with E-state index in [1.165, 1.54) is 37.7 Å². The van der Waals surface area contributed by atoms with E-state index in [4.69, 9.17) is 0 Å². The number of aryl methyl sites for hydroxylation is 2. The first-order valence-electron chi connectivity index (χ1n) is 13.3. The summed E-state index contributed by atoms with van der Waals surface area (Å²) in [5.74, 6) is -1.16. The van der Waals surface area contributed by atoms with Crippen molar-refractivity contribution in [3.8, 4) is 11.1 Å². The van der Waals surface area contributed by atoms with Crippen molar-refractivity contribution in [2.24, 2.45) is 11.8 Å². The van der Waals surface area contributed by atoms with Crippen LogP contribution in [0.5, 0.6) is 0 Å². The van der Waals surface area contributed by atoms with Gasteiger partial charge in [-0.1, -0.05) is 68.3 Å². The molecular weight excluding hydrogens is 441 g/mol. The van der Waals surface area contributed by atoms with E-state index in [0.29, 0.717) is 28.5 Å². The van der Waals surface area contributed by atoms with Gasteiger partial charge in [-0.15, -0.1) is 0 Å². The first-order valence-corrected chi connectivity index (χ1v) is 13.3. The van der Waals surface area contributed by atoms with E-state index in [2.05, 4.69) is 26.0 Å². The molecule has 3 aromatic carbocycles. The van der Waals surface area contributed by atoms with Crippen molar-refractivity contribution in [2.45, 2.75) is 78.1 Å². The molecule has 1 aliphatic rings. The van der Waals surface area contributed by atoms with Gasteiger partial charge in [0.25, 0.3) is 0 Å². The predicted molar refractivity (Wildman–Crippen MR) is 141 cm³/mol. The second kappa shape index (κ2) is 11.9. The summed E-state index contributed by atoms with van der Waals surface area (Å²) < 4.78 is 45.0. The molecule has 0 saturated heterocycles. The van der Waals surface area contributed by atoms with Crippen LogP contribution in [0.2, 0.25) is 0 Å². The smallest absolute Gasteiger partial charge is 0.169 e. The van der Waals surface area contributed by atoms with Crippen LogP contribution in [0.15, 0.2) is 54.6 Å². The summed E-state index contributed by atoms with van der Waals surface area (Å²) in [5.41, 5.74) is 2.56.